The van der Waals surface area contributed by atoms with E-state index in [1.807, 2.05) is 6.92 Å². The summed E-state index contributed by atoms with van der Waals surface area (Å²) in [6, 6.07) is 5.69. The quantitative estimate of drug-likeness (QED) is 0.836. The second kappa shape index (κ2) is 5.92. The average Bonchev–Trinajstić information content (AvgIpc) is 2.40. The Balaban J connectivity index is 2.22. The maximum atomic E-state index is 12.7. The van der Waals surface area contributed by atoms with Crippen molar-refractivity contribution in [2.75, 3.05) is 26.3 Å². The molecule has 1 heterocycles. The van der Waals surface area contributed by atoms with Gasteiger partial charge < -0.3 is 4.74 Å². The van der Waals surface area contributed by atoms with Crippen LogP contribution in [-0.2, 0) is 10.9 Å². The van der Waals surface area contributed by atoms with Gasteiger partial charge in [0.05, 0.1) is 18.8 Å². The monoisotopic (exact) mass is 273 g/mol. The van der Waals surface area contributed by atoms with E-state index in [0.717, 1.165) is 31.1 Å². The minimum atomic E-state index is -4.28. The third-order valence-corrected chi connectivity index (χ3v) is 3.47. The van der Waals surface area contributed by atoms with Gasteiger partial charge >= 0.3 is 6.18 Å². The Morgan fingerprint density at radius 2 is 1.95 bits per heavy atom. The van der Waals surface area contributed by atoms with Gasteiger partial charge in [-0.25, -0.2) is 0 Å². The van der Waals surface area contributed by atoms with E-state index in [9.17, 15) is 13.2 Å². The summed E-state index contributed by atoms with van der Waals surface area (Å²) < 4.78 is 43.5. The van der Waals surface area contributed by atoms with E-state index < -0.39 is 11.7 Å². The molecule has 0 spiro atoms. The van der Waals surface area contributed by atoms with Gasteiger partial charge in [-0.2, -0.15) is 13.2 Å². The molecule has 1 fully saturated rings. The molecule has 2 nitrogen and oxygen atoms in total. The molecule has 1 saturated heterocycles. The fourth-order valence-electron chi connectivity index (χ4n) is 2.52. The molecule has 0 amide bonds. The third-order valence-electron chi connectivity index (χ3n) is 3.47. The van der Waals surface area contributed by atoms with Crippen molar-refractivity contribution < 1.29 is 17.9 Å². The Morgan fingerprint density at radius 1 is 1.26 bits per heavy atom. The first-order valence-electron chi connectivity index (χ1n) is 6.51. The van der Waals surface area contributed by atoms with Gasteiger partial charge in [0.2, 0.25) is 0 Å². The van der Waals surface area contributed by atoms with Crippen LogP contribution < -0.4 is 0 Å². The first-order chi connectivity index (χ1) is 9.02. The summed E-state index contributed by atoms with van der Waals surface area (Å²) in [7, 11) is 0. The van der Waals surface area contributed by atoms with Gasteiger partial charge in [0.15, 0.2) is 0 Å². The van der Waals surface area contributed by atoms with Crippen LogP contribution in [0, 0.1) is 0 Å². The molecule has 1 aliphatic heterocycles. The zero-order valence-electron chi connectivity index (χ0n) is 10.9. The van der Waals surface area contributed by atoms with Crippen LogP contribution in [0.2, 0.25) is 0 Å². The standard InChI is InChI=1S/C14H18F3NO/c1-2-13(18-6-8-19-9-7-18)11-4-3-5-12(10-11)14(15,16)17/h3-5,10,13H,2,6-9H2,1H3. The molecule has 0 aliphatic carbocycles. The summed E-state index contributed by atoms with van der Waals surface area (Å²) in [6.07, 6.45) is -3.49. The average molecular weight is 273 g/mol. The van der Waals surface area contributed by atoms with E-state index in [4.69, 9.17) is 4.74 Å². The molecule has 1 aliphatic rings. The van der Waals surface area contributed by atoms with Gasteiger partial charge in [-0.3, -0.25) is 4.90 Å². The number of ether oxygens (including phenoxy) is 1. The highest BCUT2D eigenvalue weighted by Gasteiger charge is 2.31. The van der Waals surface area contributed by atoms with Gasteiger partial charge in [0.25, 0.3) is 0 Å². The number of benzene rings is 1. The number of nitrogens with zero attached hydrogens (tertiary/aromatic N) is 1. The highest BCUT2D eigenvalue weighted by molar-refractivity contribution is 5.28. The summed E-state index contributed by atoms with van der Waals surface area (Å²) in [5.41, 5.74) is 0.163. The number of alkyl halides is 3. The SMILES string of the molecule is CCC(c1cccc(C(F)(F)F)c1)N1CCOCC1. The molecular weight excluding hydrogens is 255 g/mol. The summed E-state index contributed by atoms with van der Waals surface area (Å²) in [5, 5.41) is 0. The van der Waals surface area contributed by atoms with Crippen molar-refractivity contribution in [3.05, 3.63) is 35.4 Å². The predicted molar refractivity (Wildman–Crippen MR) is 66.9 cm³/mol. The molecule has 0 bridgehead atoms. The van der Waals surface area contributed by atoms with Crippen LogP contribution in [0.1, 0.15) is 30.5 Å². The molecule has 0 radical (unpaired) electrons. The largest absolute Gasteiger partial charge is 0.416 e. The Morgan fingerprint density at radius 3 is 2.53 bits per heavy atom. The molecule has 5 heteroatoms. The van der Waals surface area contributed by atoms with Gasteiger partial charge in [0.1, 0.15) is 0 Å². The van der Waals surface area contributed by atoms with E-state index in [-0.39, 0.29) is 6.04 Å². The maximum Gasteiger partial charge on any atom is 0.416 e. The van der Waals surface area contributed by atoms with E-state index >= 15 is 0 Å². The first kappa shape index (κ1) is 14.3. The van der Waals surface area contributed by atoms with Crippen molar-refractivity contribution in [3.63, 3.8) is 0 Å². The zero-order valence-corrected chi connectivity index (χ0v) is 10.9. The van der Waals surface area contributed by atoms with Crippen LogP contribution in [0.3, 0.4) is 0 Å². The van der Waals surface area contributed by atoms with Crippen molar-refractivity contribution in [1.82, 2.24) is 4.90 Å². The Bertz CT molecular complexity index is 413. The summed E-state index contributed by atoms with van der Waals surface area (Å²) >= 11 is 0. The summed E-state index contributed by atoms with van der Waals surface area (Å²) in [6.45, 7) is 4.84. The highest BCUT2D eigenvalue weighted by Crippen LogP contribution is 2.33. The third kappa shape index (κ3) is 3.48. The van der Waals surface area contributed by atoms with Crippen LogP contribution in [0.5, 0.6) is 0 Å². The molecule has 19 heavy (non-hydrogen) atoms. The van der Waals surface area contributed by atoms with Crippen LogP contribution >= 0.6 is 0 Å². The Hall–Kier alpha value is -1.07. The van der Waals surface area contributed by atoms with Gasteiger partial charge in [-0.1, -0.05) is 19.1 Å². The number of hydrogen-bond acceptors (Lipinski definition) is 2. The van der Waals surface area contributed by atoms with Gasteiger partial charge in [0, 0.05) is 19.1 Å². The Labute approximate surface area is 111 Å². The number of hydrogen-bond donors (Lipinski definition) is 0. The second-order valence-corrected chi connectivity index (χ2v) is 4.70. The van der Waals surface area contributed by atoms with Crippen LogP contribution in [0.15, 0.2) is 24.3 Å². The van der Waals surface area contributed by atoms with Crippen molar-refractivity contribution in [2.45, 2.75) is 25.6 Å². The first-order valence-corrected chi connectivity index (χ1v) is 6.51. The highest BCUT2D eigenvalue weighted by atomic mass is 19.4. The zero-order chi connectivity index (χ0) is 13.9. The summed E-state index contributed by atoms with van der Waals surface area (Å²) in [5.74, 6) is 0. The number of morpholine rings is 1. The molecule has 1 unspecified atom stereocenters. The smallest absolute Gasteiger partial charge is 0.379 e. The van der Waals surface area contributed by atoms with E-state index in [2.05, 4.69) is 4.90 Å². The second-order valence-electron chi connectivity index (χ2n) is 4.70. The van der Waals surface area contributed by atoms with E-state index in [1.165, 1.54) is 12.1 Å². The van der Waals surface area contributed by atoms with E-state index in [0.29, 0.717) is 13.2 Å². The molecule has 1 aromatic rings. The van der Waals surface area contributed by atoms with Gasteiger partial charge in [-0.15, -0.1) is 0 Å². The van der Waals surface area contributed by atoms with Crippen molar-refractivity contribution in [1.29, 1.82) is 0 Å². The van der Waals surface area contributed by atoms with Crippen LogP contribution in [-0.4, -0.2) is 31.2 Å². The lowest BCUT2D eigenvalue weighted by Crippen LogP contribution is -2.38. The molecular formula is C14H18F3NO. The lowest BCUT2D eigenvalue weighted by Gasteiger charge is -2.34. The fraction of sp³-hybridized carbons (Fsp3) is 0.571. The maximum absolute atomic E-state index is 12.7. The van der Waals surface area contributed by atoms with Gasteiger partial charge in [-0.05, 0) is 24.1 Å². The number of rotatable bonds is 3. The van der Waals surface area contributed by atoms with Crippen LogP contribution in [0.4, 0.5) is 13.2 Å². The lowest BCUT2D eigenvalue weighted by atomic mass is 10.00. The predicted octanol–water partition coefficient (Wildman–Crippen LogP) is 3.49. The fourth-order valence-corrected chi connectivity index (χ4v) is 2.52. The minimum absolute atomic E-state index is 0.0335. The van der Waals surface area contributed by atoms with E-state index in [1.54, 1.807) is 6.07 Å². The molecule has 0 saturated carbocycles. The van der Waals surface area contributed by atoms with Crippen molar-refractivity contribution in [2.24, 2.45) is 0 Å². The molecule has 0 aromatic heterocycles. The molecule has 2 rings (SSSR count). The molecule has 1 aromatic carbocycles. The molecule has 1 atom stereocenters. The topological polar surface area (TPSA) is 12.5 Å². The molecule has 106 valence electrons. The van der Waals surface area contributed by atoms with Crippen LogP contribution in [0.25, 0.3) is 0 Å². The Kier molecular flexibility index (Phi) is 4.47. The van der Waals surface area contributed by atoms with Crippen molar-refractivity contribution >= 4 is 0 Å². The lowest BCUT2D eigenvalue weighted by molar-refractivity contribution is -0.137. The normalized spacial score (nSPS) is 19.4. The van der Waals surface area contributed by atoms with Crippen molar-refractivity contribution in [3.8, 4) is 0 Å². The minimum Gasteiger partial charge on any atom is -0.379 e. The summed E-state index contributed by atoms with van der Waals surface area (Å²) in [4.78, 5) is 2.19. The molecule has 0 N–H and O–H groups in total. The number of halogens is 3.